The van der Waals surface area contributed by atoms with Gasteiger partial charge in [-0.1, -0.05) is 42.2 Å². The molecule has 1 aromatic heterocycles. The fourth-order valence-electron chi connectivity index (χ4n) is 3.77. The van der Waals surface area contributed by atoms with E-state index in [0.29, 0.717) is 37.4 Å². The molecule has 0 amide bonds. The Morgan fingerprint density at radius 1 is 1.29 bits per heavy atom. The molecule has 0 fully saturated rings. The number of esters is 1. The number of allylic oxidation sites excluding steroid dienone is 1. The number of carbonyl (C=O) groups is 1. The SMILES string of the molecule is C=CCOc1ccc([C@@H]2C(C(=O)OCC)=C(C)N=c3s/c(=C\c4ccc(O)c(Br)c4)c(=O)n32)cc1. The number of fused-ring (bicyclic) bond motifs is 1. The second-order valence-electron chi connectivity index (χ2n) is 7.68. The average Bonchev–Trinajstić information content (AvgIpc) is 3.14. The molecule has 180 valence electrons. The monoisotopic (exact) mass is 554 g/mol. The van der Waals surface area contributed by atoms with Gasteiger partial charge in [0.1, 0.15) is 18.1 Å². The number of phenols is 1. The van der Waals surface area contributed by atoms with Gasteiger partial charge in [-0.3, -0.25) is 9.36 Å². The van der Waals surface area contributed by atoms with Crippen molar-refractivity contribution in [2.75, 3.05) is 13.2 Å². The van der Waals surface area contributed by atoms with E-state index in [0.717, 1.165) is 11.1 Å². The molecule has 2 aromatic carbocycles. The Bertz CT molecular complexity index is 1500. The highest BCUT2D eigenvalue weighted by atomic mass is 79.9. The molecule has 1 atom stereocenters. The summed E-state index contributed by atoms with van der Waals surface area (Å²) in [6.07, 6.45) is 3.39. The van der Waals surface area contributed by atoms with Crippen molar-refractivity contribution in [1.82, 2.24) is 4.57 Å². The summed E-state index contributed by atoms with van der Waals surface area (Å²) in [6.45, 7) is 7.71. The molecule has 3 aromatic rings. The third kappa shape index (κ3) is 5.01. The molecule has 0 bridgehead atoms. The smallest absolute Gasteiger partial charge is 0.338 e. The summed E-state index contributed by atoms with van der Waals surface area (Å²) in [5, 5.41) is 9.78. The van der Waals surface area contributed by atoms with Crippen LogP contribution in [0.25, 0.3) is 6.08 Å². The number of hydrogen-bond donors (Lipinski definition) is 1. The normalized spacial score (nSPS) is 15.4. The summed E-state index contributed by atoms with van der Waals surface area (Å²) in [4.78, 5) is 31.6. The van der Waals surface area contributed by atoms with Gasteiger partial charge in [-0.2, -0.15) is 0 Å². The number of rotatable bonds is 7. The number of thiazole rings is 1. The number of nitrogens with zero attached hydrogens (tertiary/aromatic N) is 2. The number of benzene rings is 2. The molecule has 1 N–H and O–H groups in total. The van der Waals surface area contributed by atoms with Gasteiger partial charge < -0.3 is 14.6 Å². The standard InChI is InChI=1S/C26H23BrN2O5S/c1-4-12-34-18-9-7-17(8-10-18)23-22(25(32)33-5-2)15(3)28-26-29(23)24(31)21(35-26)14-16-6-11-20(30)19(27)13-16/h4,6-11,13-14,23,30H,1,5,12H2,2-3H3/b21-14-/t23-/m1/s1. The van der Waals surface area contributed by atoms with Crippen LogP contribution < -0.4 is 19.6 Å². The van der Waals surface area contributed by atoms with Gasteiger partial charge in [0, 0.05) is 0 Å². The van der Waals surface area contributed by atoms with Crippen molar-refractivity contribution in [3.05, 3.63) is 102 Å². The fraction of sp³-hybridized carbons (Fsp3) is 0.192. The number of halogens is 1. The molecule has 1 aliphatic rings. The van der Waals surface area contributed by atoms with Crippen molar-refractivity contribution in [3.63, 3.8) is 0 Å². The van der Waals surface area contributed by atoms with Crippen LogP contribution in [0, 0.1) is 0 Å². The molecule has 1 aliphatic heterocycles. The first-order valence-corrected chi connectivity index (χ1v) is 12.5. The first-order chi connectivity index (χ1) is 16.8. The molecule has 0 unspecified atom stereocenters. The van der Waals surface area contributed by atoms with Crippen molar-refractivity contribution in [1.29, 1.82) is 0 Å². The first-order valence-electron chi connectivity index (χ1n) is 10.9. The maximum absolute atomic E-state index is 13.6. The maximum Gasteiger partial charge on any atom is 0.338 e. The lowest BCUT2D eigenvalue weighted by molar-refractivity contribution is -0.139. The van der Waals surface area contributed by atoms with Gasteiger partial charge in [-0.15, -0.1) is 0 Å². The second-order valence-corrected chi connectivity index (χ2v) is 9.55. The van der Waals surface area contributed by atoms with Crippen LogP contribution >= 0.6 is 27.3 Å². The Balaban J connectivity index is 1.89. The number of aromatic nitrogens is 1. The zero-order chi connectivity index (χ0) is 25.1. The minimum absolute atomic E-state index is 0.110. The van der Waals surface area contributed by atoms with E-state index in [2.05, 4.69) is 27.5 Å². The molecule has 0 saturated carbocycles. The Hall–Kier alpha value is -3.43. The molecule has 7 nitrogen and oxygen atoms in total. The predicted octanol–water partition coefficient (Wildman–Crippen LogP) is 3.83. The van der Waals surface area contributed by atoms with Crippen LogP contribution in [0.5, 0.6) is 11.5 Å². The van der Waals surface area contributed by atoms with E-state index in [4.69, 9.17) is 9.47 Å². The van der Waals surface area contributed by atoms with E-state index in [1.165, 1.54) is 15.9 Å². The van der Waals surface area contributed by atoms with E-state index in [1.807, 2.05) is 12.1 Å². The van der Waals surface area contributed by atoms with Gasteiger partial charge in [0.15, 0.2) is 4.80 Å². The zero-order valence-corrected chi connectivity index (χ0v) is 21.6. The van der Waals surface area contributed by atoms with Crippen molar-refractivity contribution in [2.45, 2.75) is 19.9 Å². The van der Waals surface area contributed by atoms with E-state index in [9.17, 15) is 14.7 Å². The third-order valence-electron chi connectivity index (χ3n) is 5.35. The van der Waals surface area contributed by atoms with Gasteiger partial charge in [0.25, 0.3) is 5.56 Å². The van der Waals surface area contributed by atoms with Crippen LogP contribution in [-0.4, -0.2) is 28.9 Å². The highest BCUT2D eigenvalue weighted by molar-refractivity contribution is 9.10. The van der Waals surface area contributed by atoms with Crippen LogP contribution in [0.3, 0.4) is 0 Å². The molecular formula is C26H23BrN2O5S. The van der Waals surface area contributed by atoms with Crippen LogP contribution in [0.2, 0.25) is 0 Å². The average molecular weight is 555 g/mol. The summed E-state index contributed by atoms with van der Waals surface area (Å²) in [5.74, 6) is 0.249. The van der Waals surface area contributed by atoms with E-state index in [1.54, 1.807) is 56.3 Å². The molecule has 0 radical (unpaired) electrons. The number of phenolic OH excluding ortho intramolecular Hbond substituents is 1. The highest BCUT2D eigenvalue weighted by Gasteiger charge is 2.33. The van der Waals surface area contributed by atoms with Crippen LogP contribution in [0.4, 0.5) is 0 Å². The maximum atomic E-state index is 13.6. The largest absolute Gasteiger partial charge is 0.507 e. The van der Waals surface area contributed by atoms with Gasteiger partial charge in [0.2, 0.25) is 0 Å². The van der Waals surface area contributed by atoms with E-state index < -0.39 is 12.0 Å². The fourth-order valence-corrected chi connectivity index (χ4v) is 5.22. The van der Waals surface area contributed by atoms with Crippen molar-refractivity contribution < 1.29 is 19.4 Å². The van der Waals surface area contributed by atoms with Gasteiger partial charge in [-0.05, 0) is 71.2 Å². The van der Waals surface area contributed by atoms with E-state index >= 15 is 0 Å². The zero-order valence-electron chi connectivity index (χ0n) is 19.2. The van der Waals surface area contributed by atoms with Gasteiger partial charge in [-0.25, -0.2) is 9.79 Å². The summed E-state index contributed by atoms with van der Waals surface area (Å²) in [6, 6.07) is 11.5. The van der Waals surface area contributed by atoms with Crippen molar-refractivity contribution >= 4 is 39.3 Å². The van der Waals surface area contributed by atoms with Crippen molar-refractivity contribution in [2.24, 2.45) is 4.99 Å². The van der Waals surface area contributed by atoms with Crippen LogP contribution in [0.15, 0.2) is 80.6 Å². The summed E-state index contributed by atoms with van der Waals surface area (Å²) >= 11 is 4.54. The first kappa shape index (κ1) is 24.7. The number of aromatic hydroxyl groups is 1. The minimum Gasteiger partial charge on any atom is -0.507 e. The van der Waals surface area contributed by atoms with Gasteiger partial charge >= 0.3 is 5.97 Å². The molecule has 2 heterocycles. The number of carbonyl (C=O) groups excluding carboxylic acids is 1. The third-order valence-corrected chi connectivity index (χ3v) is 6.97. The van der Waals surface area contributed by atoms with Gasteiger partial charge in [0.05, 0.1) is 32.9 Å². The Kier molecular flexibility index (Phi) is 7.37. The summed E-state index contributed by atoms with van der Waals surface area (Å²) < 4.78 is 13.4. The summed E-state index contributed by atoms with van der Waals surface area (Å²) in [7, 11) is 0. The molecular weight excluding hydrogens is 532 g/mol. The second kappa shape index (κ2) is 10.5. The quantitative estimate of drug-likeness (QED) is 0.354. The molecule has 9 heteroatoms. The lowest BCUT2D eigenvalue weighted by Crippen LogP contribution is -2.39. The van der Waals surface area contributed by atoms with E-state index in [-0.39, 0.29) is 17.9 Å². The molecule has 0 spiro atoms. The molecule has 0 saturated heterocycles. The molecule has 0 aliphatic carbocycles. The number of ether oxygens (including phenoxy) is 2. The predicted molar refractivity (Wildman–Crippen MR) is 138 cm³/mol. The Morgan fingerprint density at radius 3 is 2.69 bits per heavy atom. The molecule has 35 heavy (non-hydrogen) atoms. The summed E-state index contributed by atoms with van der Waals surface area (Å²) in [5.41, 5.74) is 2.01. The van der Waals surface area contributed by atoms with Crippen LogP contribution in [-0.2, 0) is 9.53 Å². The number of hydrogen-bond acceptors (Lipinski definition) is 7. The lowest BCUT2D eigenvalue weighted by atomic mass is 9.96. The van der Waals surface area contributed by atoms with Crippen molar-refractivity contribution in [3.8, 4) is 11.5 Å². The highest BCUT2D eigenvalue weighted by Crippen LogP contribution is 2.31. The Morgan fingerprint density at radius 2 is 2.03 bits per heavy atom. The topological polar surface area (TPSA) is 90.1 Å². The van der Waals surface area contributed by atoms with Crippen LogP contribution in [0.1, 0.15) is 31.0 Å². The minimum atomic E-state index is -0.701. The lowest BCUT2D eigenvalue weighted by Gasteiger charge is -2.24. The Labute approximate surface area is 214 Å². The molecule has 4 rings (SSSR count).